The van der Waals surface area contributed by atoms with Gasteiger partial charge in [-0.15, -0.1) is 10.2 Å². The summed E-state index contributed by atoms with van der Waals surface area (Å²) in [7, 11) is 3.24. The molecule has 1 aromatic heterocycles. The molecule has 1 heterocycles. The number of nitrogens with one attached hydrogen (secondary N) is 2. The first-order chi connectivity index (χ1) is 15.8. The van der Waals surface area contributed by atoms with Crippen LogP contribution in [0.2, 0.25) is 0 Å². The molecule has 0 aliphatic carbocycles. The Morgan fingerprint density at radius 2 is 1.85 bits per heavy atom. The number of carbonyl (C=O) groups excluding carboxylic acids is 2. The molecule has 0 saturated heterocycles. The Bertz CT molecular complexity index is 1200. The number of aromatic nitrogens is 3. The Hall–Kier alpha value is -3.93. The van der Waals surface area contributed by atoms with Gasteiger partial charge in [-0.3, -0.25) is 19.7 Å². The van der Waals surface area contributed by atoms with E-state index in [1.807, 2.05) is 0 Å². The van der Waals surface area contributed by atoms with Crippen molar-refractivity contribution in [1.29, 1.82) is 0 Å². The smallest absolute Gasteiger partial charge is 0.269 e. The highest BCUT2D eigenvalue weighted by atomic mass is 32.2. The number of hydrogen-bond acceptors (Lipinski definition) is 8. The van der Waals surface area contributed by atoms with Crippen LogP contribution < -0.4 is 15.4 Å². The van der Waals surface area contributed by atoms with E-state index < -0.39 is 4.92 Å². The number of para-hydroxylation sites is 2. The monoisotopic (exact) mass is 470 g/mol. The molecular formula is C21H22N6O5S. The summed E-state index contributed by atoms with van der Waals surface area (Å²) in [5.74, 6) is 0.467. The highest BCUT2D eigenvalue weighted by Crippen LogP contribution is 2.24. The summed E-state index contributed by atoms with van der Waals surface area (Å²) in [6.45, 7) is 1.68. The first-order valence-electron chi connectivity index (χ1n) is 9.77. The molecule has 12 heteroatoms. The molecule has 0 saturated carbocycles. The SMILES string of the molecule is COc1ccccc1NC(=O)Cc1nnc(SCC(=O)Nc2ccc([N+](=O)[O-])cc2C)n1C. The average molecular weight is 471 g/mol. The van der Waals surface area contributed by atoms with Crippen LogP contribution in [0.15, 0.2) is 47.6 Å². The van der Waals surface area contributed by atoms with Crippen molar-refractivity contribution in [2.45, 2.75) is 18.5 Å². The van der Waals surface area contributed by atoms with Crippen LogP contribution >= 0.6 is 11.8 Å². The van der Waals surface area contributed by atoms with Crippen LogP contribution in [0.3, 0.4) is 0 Å². The number of nitrogens with zero attached hydrogens (tertiary/aromatic N) is 4. The fraction of sp³-hybridized carbons (Fsp3) is 0.238. The van der Waals surface area contributed by atoms with Crippen LogP contribution in [-0.4, -0.2) is 44.4 Å². The maximum Gasteiger partial charge on any atom is 0.269 e. The molecule has 2 N–H and O–H groups in total. The Labute approximate surface area is 193 Å². The van der Waals surface area contributed by atoms with Gasteiger partial charge >= 0.3 is 0 Å². The van der Waals surface area contributed by atoms with Gasteiger partial charge in [0.15, 0.2) is 5.16 Å². The van der Waals surface area contributed by atoms with Gasteiger partial charge in [0.1, 0.15) is 11.6 Å². The van der Waals surface area contributed by atoms with E-state index in [2.05, 4.69) is 20.8 Å². The van der Waals surface area contributed by atoms with Gasteiger partial charge < -0.3 is 19.9 Å². The number of thioether (sulfide) groups is 1. The number of hydrogen-bond donors (Lipinski definition) is 2. The number of rotatable bonds is 9. The standard InChI is InChI=1S/C21H22N6O5S/c1-13-10-14(27(30)31)8-9-15(13)22-20(29)12-33-21-25-24-18(26(21)2)11-19(28)23-16-6-4-5-7-17(16)32-3/h4-10H,11-12H2,1-3H3,(H,22,29)(H,23,28). The highest BCUT2D eigenvalue weighted by molar-refractivity contribution is 7.99. The molecule has 0 fully saturated rings. The van der Waals surface area contributed by atoms with Crippen LogP contribution in [-0.2, 0) is 23.1 Å². The van der Waals surface area contributed by atoms with Crippen molar-refractivity contribution in [2.75, 3.05) is 23.5 Å². The Balaban J connectivity index is 1.56. The number of aryl methyl sites for hydroxylation is 1. The number of nitro groups is 1. The number of carbonyl (C=O) groups is 2. The third-order valence-corrected chi connectivity index (χ3v) is 5.67. The molecule has 0 atom stereocenters. The molecule has 0 aliphatic heterocycles. The lowest BCUT2D eigenvalue weighted by atomic mass is 10.2. The minimum absolute atomic E-state index is 0.00368. The fourth-order valence-electron chi connectivity index (χ4n) is 2.93. The van der Waals surface area contributed by atoms with E-state index in [9.17, 15) is 19.7 Å². The first kappa shape index (κ1) is 23.7. The second kappa shape index (κ2) is 10.6. The molecule has 11 nitrogen and oxygen atoms in total. The Kier molecular flexibility index (Phi) is 7.61. The zero-order chi connectivity index (χ0) is 24.0. The third-order valence-electron chi connectivity index (χ3n) is 4.65. The maximum atomic E-state index is 12.4. The van der Waals surface area contributed by atoms with E-state index in [0.29, 0.717) is 33.7 Å². The number of amides is 2. The van der Waals surface area contributed by atoms with Crippen molar-refractivity contribution in [3.63, 3.8) is 0 Å². The minimum Gasteiger partial charge on any atom is -0.495 e. The van der Waals surface area contributed by atoms with Crippen molar-refractivity contribution < 1.29 is 19.2 Å². The quantitative estimate of drug-likeness (QED) is 0.276. The summed E-state index contributed by atoms with van der Waals surface area (Å²) in [6.07, 6.45) is -0.00368. The summed E-state index contributed by atoms with van der Waals surface area (Å²) in [5.41, 5.74) is 1.60. The molecule has 2 aromatic carbocycles. The van der Waals surface area contributed by atoms with Gasteiger partial charge in [-0.25, -0.2) is 0 Å². The van der Waals surface area contributed by atoms with Crippen LogP contribution in [0.4, 0.5) is 17.1 Å². The van der Waals surface area contributed by atoms with Crippen molar-refractivity contribution in [3.05, 3.63) is 64.0 Å². The van der Waals surface area contributed by atoms with E-state index in [-0.39, 0.29) is 29.7 Å². The van der Waals surface area contributed by atoms with Gasteiger partial charge in [-0.05, 0) is 30.7 Å². The molecule has 0 spiro atoms. The molecule has 3 rings (SSSR count). The summed E-state index contributed by atoms with van der Waals surface area (Å²) in [6, 6.07) is 11.3. The number of non-ortho nitro benzene ring substituents is 1. The largest absolute Gasteiger partial charge is 0.495 e. The molecule has 172 valence electrons. The normalized spacial score (nSPS) is 10.5. The lowest BCUT2D eigenvalue weighted by Crippen LogP contribution is -2.17. The number of nitro benzene ring substituents is 1. The fourth-order valence-corrected chi connectivity index (χ4v) is 3.66. The summed E-state index contributed by atoms with van der Waals surface area (Å²) in [4.78, 5) is 35.1. The minimum atomic E-state index is -0.489. The van der Waals surface area contributed by atoms with Gasteiger partial charge in [0.2, 0.25) is 11.8 Å². The van der Waals surface area contributed by atoms with Crippen molar-refractivity contribution in [1.82, 2.24) is 14.8 Å². The van der Waals surface area contributed by atoms with Crippen LogP contribution in [0, 0.1) is 17.0 Å². The lowest BCUT2D eigenvalue weighted by Gasteiger charge is -2.10. The van der Waals surface area contributed by atoms with E-state index in [1.54, 1.807) is 42.8 Å². The molecule has 0 bridgehead atoms. The zero-order valence-electron chi connectivity index (χ0n) is 18.2. The highest BCUT2D eigenvalue weighted by Gasteiger charge is 2.16. The van der Waals surface area contributed by atoms with Gasteiger partial charge in [0.25, 0.3) is 5.69 Å². The molecule has 0 unspecified atom stereocenters. The van der Waals surface area contributed by atoms with Crippen LogP contribution in [0.1, 0.15) is 11.4 Å². The summed E-state index contributed by atoms with van der Waals surface area (Å²) >= 11 is 1.16. The molecule has 3 aromatic rings. The van der Waals surface area contributed by atoms with Gasteiger partial charge in [-0.2, -0.15) is 0 Å². The van der Waals surface area contributed by atoms with Crippen molar-refractivity contribution >= 4 is 40.6 Å². The summed E-state index contributed by atoms with van der Waals surface area (Å²) in [5, 5.41) is 24.9. The zero-order valence-corrected chi connectivity index (χ0v) is 19.0. The van der Waals surface area contributed by atoms with Crippen molar-refractivity contribution in [3.8, 4) is 5.75 Å². The molecule has 0 aliphatic rings. The van der Waals surface area contributed by atoms with Gasteiger partial charge in [0, 0.05) is 24.9 Å². The topological polar surface area (TPSA) is 141 Å². The second-order valence-electron chi connectivity index (χ2n) is 6.98. The van der Waals surface area contributed by atoms with E-state index in [1.165, 1.54) is 25.3 Å². The molecule has 33 heavy (non-hydrogen) atoms. The predicted octanol–water partition coefficient (Wildman–Crippen LogP) is 2.95. The first-order valence-corrected chi connectivity index (χ1v) is 10.8. The Morgan fingerprint density at radius 1 is 1.12 bits per heavy atom. The van der Waals surface area contributed by atoms with Crippen molar-refractivity contribution in [2.24, 2.45) is 7.05 Å². The number of methoxy groups -OCH3 is 1. The molecule has 2 amide bonds. The van der Waals surface area contributed by atoms with Crippen LogP contribution in [0.25, 0.3) is 0 Å². The van der Waals surface area contributed by atoms with E-state index >= 15 is 0 Å². The molecular weight excluding hydrogens is 448 g/mol. The Morgan fingerprint density at radius 3 is 2.55 bits per heavy atom. The van der Waals surface area contributed by atoms with Gasteiger partial charge in [0.05, 0.1) is 29.9 Å². The summed E-state index contributed by atoms with van der Waals surface area (Å²) < 4.78 is 6.88. The van der Waals surface area contributed by atoms with Crippen LogP contribution in [0.5, 0.6) is 5.75 Å². The predicted molar refractivity (Wildman–Crippen MR) is 124 cm³/mol. The number of ether oxygens (including phenoxy) is 1. The number of anilines is 2. The lowest BCUT2D eigenvalue weighted by molar-refractivity contribution is -0.384. The second-order valence-corrected chi connectivity index (χ2v) is 7.92. The van der Waals surface area contributed by atoms with E-state index in [0.717, 1.165) is 11.8 Å². The molecule has 0 radical (unpaired) electrons. The van der Waals surface area contributed by atoms with E-state index in [4.69, 9.17) is 4.74 Å². The average Bonchev–Trinajstić information content (AvgIpc) is 3.13. The number of benzene rings is 2. The van der Waals surface area contributed by atoms with Gasteiger partial charge in [-0.1, -0.05) is 23.9 Å². The maximum absolute atomic E-state index is 12.4. The third kappa shape index (κ3) is 6.07.